The van der Waals surface area contributed by atoms with Gasteiger partial charge in [-0.15, -0.1) is 0 Å². The summed E-state index contributed by atoms with van der Waals surface area (Å²) in [5.74, 6) is -0.0770. The van der Waals surface area contributed by atoms with Gasteiger partial charge in [0.2, 0.25) is 0 Å². The molecule has 0 saturated carbocycles. The number of aryl methyl sites for hydroxylation is 2. The second-order valence-electron chi connectivity index (χ2n) is 4.42. The Labute approximate surface area is 114 Å². The van der Waals surface area contributed by atoms with Gasteiger partial charge in [-0.05, 0) is 31.0 Å². The zero-order valence-corrected chi connectivity index (χ0v) is 11.5. The van der Waals surface area contributed by atoms with Crippen LogP contribution < -0.4 is 0 Å². The van der Waals surface area contributed by atoms with Gasteiger partial charge in [0.15, 0.2) is 5.78 Å². The fourth-order valence-corrected chi connectivity index (χ4v) is 2.58. The van der Waals surface area contributed by atoms with Crippen LogP contribution in [0.2, 0.25) is 0 Å². The highest BCUT2D eigenvalue weighted by atomic mass is 32.1. The Morgan fingerprint density at radius 3 is 2.63 bits per heavy atom. The normalized spacial score (nSPS) is 10.4. The quantitative estimate of drug-likeness (QED) is 0.485. The lowest BCUT2D eigenvalue weighted by Gasteiger charge is -2.05. The van der Waals surface area contributed by atoms with E-state index in [9.17, 15) is 14.9 Å². The molecule has 0 atom stereocenters. The van der Waals surface area contributed by atoms with Crippen LogP contribution in [0.4, 0.5) is 5.00 Å². The highest BCUT2D eigenvalue weighted by Crippen LogP contribution is 2.25. The van der Waals surface area contributed by atoms with Crippen molar-refractivity contribution in [3.63, 3.8) is 0 Å². The maximum Gasteiger partial charge on any atom is 0.324 e. The minimum absolute atomic E-state index is 0.00399. The molecule has 0 N–H and O–H groups in total. The zero-order valence-electron chi connectivity index (χ0n) is 10.7. The van der Waals surface area contributed by atoms with Gasteiger partial charge in [-0.3, -0.25) is 14.9 Å². The Kier molecular flexibility index (Phi) is 3.76. The number of thiophene rings is 1. The van der Waals surface area contributed by atoms with Crippen LogP contribution in [0.15, 0.2) is 30.3 Å². The van der Waals surface area contributed by atoms with Crippen molar-refractivity contribution in [1.82, 2.24) is 0 Å². The first-order valence-corrected chi connectivity index (χ1v) is 6.62. The first-order valence-electron chi connectivity index (χ1n) is 5.81. The lowest BCUT2D eigenvalue weighted by molar-refractivity contribution is -0.380. The molecule has 0 saturated heterocycles. The molecule has 0 aliphatic carbocycles. The molecular formula is C14H13NO3S. The van der Waals surface area contributed by atoms with Crippen molar-refractivity contribution < 1.29 is 9.72 Å². The third-order valence-corrected chi connectivity index (χ3v) is 3.98. The van der Waals surface area contributed by atoms with E-state index in [2.05, 4.69) is 0 Å². The van der Waals surface area contributed by atoms with Crippen LogP contribution in [0.3, 0.4) is 0 Å². The van der Waals surface area contributed by atoms with E-state index in [-0.39, 0.29) is 17.2 Å². The average molecular weight is 275 g/mol. The molecule has 0 aliphatic heterocycles. The predicted molar refractivity (Wildman–Crippen MR) is 74.9 cm³/mol. The predicted octanol–water partition coefficient (Wildman–Crippen LogP) is 3.70. The molecule has 19 heavy (non-hydrogen) atoms. The van der Waals surface area contributed by atoms with Crippen LogP contribution in [0, 0.1) is 24.0 Å². The largest absolute Gasteiger partial charge is 0.324 e. The number of nitrogens with zero attached hydrogens (tertiary/aromatic N) is 1. The fraction of sp³-hybridized carbons (Fsp3) is 0.214. The van der Waals surface area contributed by atoms with Crippen LogP contribution in [-0.2, 0) is 6.42 Å². The van der Waals surface area contributed by atoms with Crippen molar-refractivity contribution in [2.75, 3.05) is 0 Å². The van der Waals surface area contributed by atoms with E-state index in [4.69, 9.17) is 0 Å². The van der Waals surface area contributed by atoms with Crippen molar-refractivity contribution in [3.8, 4) is 0 Å². The first-order chi connectivity index (χ1) is 8.97. The Balaban J connectivity index is 2.20. The molecule has 0 amide bonds. The Hall–Kier alpha value is -2.01. The number of nitro groups is 1. The van der Waals surface area contributed by atoms with Crippen molar-refractivity contribution in [2.24, 2.45) is 0 Å². The molecule has 1 aromatic carbocycles. The molecule has 0 bridgehead atoms. The summed E-state index contributed by atoms with van der Waals surface area (Å²) in [6, 6.07) is 8.86. The third-order valence-electron chi connectivity index (χ3n) is 2.90. The minimum atomic E-state index is -0.473. The molecule has 2 aromatic rings. The molecule has 0 unspecified atom stereocenters. The van der Waals surface area contributed by atoms with E-state index in [1.54, 1.807) is 0 Å². The molecule has 0 aliphatic rings. The lowest BCUT2D eigenvalue weighted by atomic mass is 10.0. The van der Waals surface area contributed by atoms with Crippen molar-refractivity contribution in [1.29, 1.82) is 0 Å². The van der Waals surface area contributed by atoms with Gasteiger partial charge in [-0.2, -0.15) is 0 Å². The van der Waals surface area contributed by atoms with Crippen LogP contribution in [-0.4, -0.2) is 10.7 Å². The van der Waals surface area contributed by atoms with E-state index < -0.39 is 4.92 Å². The number of carbonyl (C=O) groups is 1. The SMILES string of the molecule is Cc1ccc(C)c(CC(=O)c2ccc([N+](=O)[O-])s2)c1. The van der Waals surface area contributed by atoms with Crippen molar-refractivity contribution in [2.45, 2.75) is 20.3 Å². The number of hydrogen-bond acceptors (Lipinski definition) is 4. The summed E-state index contributed by atoms with van der Waals surface area (Å²) in [4.78, 5) is 22.7. The second kappa shape index (κ2) is 5.32. The maximum absolute atomic E-state index is 12.1. The summed E-state index contributed by atoms with van der Waals surface area (Å²) in [5, 5.41) is 10.6. The summed E-state index contributed by atoms with van der Waals surface area (Å²) in [6.45, 7) is 3.93. The van der Waals surface area contributed by atoms with Crippen molar-refractivity contribution >= 4 is 22.1 Å². The standard InChI is InChI=1S/C14H13NO3S/c1-9-3-4-10(2)11(7-9)8-12(16)13-5-6-14(19-13)15(17)18/h3-7H,8H2,1-2H3. The van der Waals surface area contributed by atoms with Crippen LogP contribution >= 0.6 is 11.3 Å². The first kappa shape index (κ1) is 13.4. The van der Waals surface area contributed by atoms with E-state index in [1.807, 2.05) is 32.0 Å². The summed E-state index contributed by atoms with van der Waals surface area (Å²) in [6.07, 6.45) is 0.283. The number of Topliss-reactive ketones (excluding diaryl/α,β-unsaturated/α-hetero) is 1. The van der Waals surface area contributed by atoms with E-state index in [1.165, 1.54) is 12.1 Å². The minimum Gasteiger partial charge on any atom is -0.293 e. The average Bonchev–Trinajstić information content (AvgIpc) is 2.83. The molecule has 0 fully saturated rings. The van der Waals surface area contributed by atoms with Gasteiger partial charge in [-0.25, -0.2) is 0 Å². The van der Waals surface area contributed by atoms with Crippen LogP contribution in [0.1, 0.15) is 26.4 Å². The number of carbonyl (C=O) groups excluding carboxylic acids is 1. The molecule has 0 spiro atoms. The summed E-state index contributed by atoms with van der Waals surface area (Å²) in [5.41, 5.74) is 3.14. The van der Waals surface area contributed by atoms with Gasteiger partial charge < -0.3 is 0 Å². The van der Waals surface area contributed by atoms with Crippen LogP contribution in [0.25, 0.3) is 0 Å². The fourth-order valence-electron chi connectivity index (χ4n) is 1.83. The molecule has 4 nitrogen and oxygen atoms in total. The molecule has 1 aromatic heterocycles. The van der Waals surface area contributed by atoms with E-state index >= 15 is 0 Å². The third kappa shape index (κ3) is 3.06. The summed E-state index contributed by atoms with van der Waals surface area (Å²) >= 11 is 0.930. The summed E-state index contributed by atoms with van der Waals surface area (Å²) in [7, 11) is 0. The Bertz CT molecular complexity index is 646. The smallest absolute Gasteiger partial charge is 0.293 e. The highest BCUT2D eigenvalue weighted by molar-refractivity contribution is 7.17. The highest BCUT2D eigenvalue weighted by Gasteiger charge is 2.16. The molecule has 2 rings (SSSR count). The van der Waals surface area contributed by atoms with Gasteiger partial charge >= 0.3 is 5.00 Å². The molecule has 0 radical (unpaired) electrons. The molecular weight excluding hydrogens is 262 g/mol. The topological polar surface area (TPSA) is 60.2 Å². The zero-order chi connectivity index (χ0) is 14.0. The molecule has 5 heteroatoms. The van der Waals surface area contributed by atoms with Gasteiger partial charge in [-0.1, -0.05) is 35.1 Å². The van der Waals surface area contributed by atoms with Gasteiger partial charge in [0, 0.05) is 12.5 Å². The Morgan fingerprint density at radius 2 is 2.00 bits per heavy atom. The number of benzene rings is 1. The van der Waals surface area contributed by atoms with Gasteiger partial charge in [0.25, 0.3) is 0 Å². The number of ketones is 1. The summed E-state index contributed by atoms with van der Waals surface area (Å²) < 4.78 is 0. The molecule has 98 valence electrons. The van der Waals surface area contributed by atoms with Crippen molar-refractivity contribution in [3.05, 3.63) is 62.0 Å². The maximum atomic E-state index is 12.1. The Morgan fingerprint density at radius 1 is 1.26 bits per heavy atom. The number of rotatable bonds is 4. The van der Waals surface area contributed by atoms with Crippen LogP contribution in [0.5, 0.6) is 0 Å². The second-order valence-corrected chi connectivity index (χ2v) is 5.49. The van der Waals surface area contributed by atoms with Gasteiger partial charge in [0.05, 0.1) is 9.80 Å². The molecule has 1 heterocycles. The van der Waals surface area contributed by atoms with E-state index in [0.29, 0.717) is 4.88 Å². The van der Waals surface area contributed by atoms with E-state index in [0.717, 1.165) is 28.0 Å². The monoisotopic (exact) mass is 275 g/mol. The number of hydrogen-bond donors (Lipinski definition) is 0. The lowest BCUT2D eigenvalue weighted by Crippen LogP contribution is -2.03. The van der Waals surface area contributed by atoms with Gasteiger partial charge in [0.1, 0.15) is 0 Å².